The molecule has 0 atom stereocenters. The molecule has 0 unspecified atom stereocenters. The molecule has 33 heavy (non-hydrogen) atoms. The van der Waals surface area contributed by atoms with Crippen molar-refractivity contribution < 1.29 is 27.5 Å². The maximum atomic E-state index is 14.4. The average Bonchev–Trinajstić information content (AvgIpc) is 3.21. The maximum absolute atomic E-state index is 14.4. The number of rotatable bonds is 6. The van der Waals surface area contributed by atoms with Gasteiger partial charge in [-0.05, 0) is 59.9 Å². The summed E-state index contributed by atoms with van der Waals surface area (Å²) in [7, 11) is 0. The summed E-state index contributed by atoms with van der Waals surface area (Å²) in [5.41, 5.74) is 1.75. The lowest BCUT2D eigenvalue weighted by atomic mass is 10.0. The Morgan fingerprint density at radius 2 is 1.91 bits per heavy atom. The molecule has 0 saturated carbocycles. The Hall–Kier alpha value is -3.46. The Morgan fingerprint density at radius 3 is 2.67 bits per heavy atom. The van der Waals surface area contributed by atoms with Crippen LogP contribution in [0.5, 0.6) is 0 Å². The van der Waals surface area contributed by atoms with Gasteiger partial charge in [-0.25, -0.2) is 9.37 Å². The molecule has 4 rings (SSSR count). The molecule has 0 saturated heterocycles. The molecule has 1 aliphatic rings. The number of nitrogens with one attached hydrogen (secondary N) is 1. The van der Waals surface area contributed by atoms with Crippen LogP contribution in [0.15, 0.2) is 54.7 Å². The van der Waals surface area contributed by atoms with Crippen molar-refractivity contribution in [3.8, 4) is 0 Å². The molecule has 0 aliphatic carbocycles. The number of amides is 1. The Labute approximate surface area is 187 Å². The van der Waals surface area contributed by atoms with E-state index in [0.29, 0.717) is 42.0 Å². The van der Waals surface area contributed by atoms with Crippen LogP contribution in [0.2, 0.25) is 0 Å². The van der Waals surface area contributed by atoms with E-state index in [2.05, 4.69) is 10.3 Å². The van der Waals surface area contributed by atoms with E-state index in [9.17, 15) is 22.4 Å². The van der Waals surface area contributed by atoms with Crippen molar-refractivity contribution in [2.45, 2.75) is 19.0 Å². The number of fused-ring (bicyclic) bond motifs is 1. The Kier molecular flexibility index (Phi) is 6.33. The SMILES string of the molecule is O=C(NCCO)c1c(F)ccc2c1CCN2c1cc(Cc2cccc(C(F)(F)F)c2)ccn1. The first kappa shape index (κ1) is 22.7. The van der Waals surface area contributed by atoms with E-state index < -0.39 is 23.5 Å². The van der Waals surface area contributed by atoms with E-state index in [1.165, 1.54) is 12.1 Å². The Balaban J connectivity index is 1.61. The predicted molar refractivity (Wildman–Crippen MR) is 115 cm³/mol. The topological polar surface area (TPSA) is 65.5 Å². The van der Waals surface area contributed by atoms with Gasteiger partial charge in [-0.3, -0.25) is 4.79 Å². The number of anilines is 2. The average molecular weight is 459 g/mol. The molecule has 3 aromatic rings. The van der Waals surface area contributed by atoms with Gasteiger partial charge in [-0.2, -0.15) is 13.2 Å². The molecular weight excluding hydrogens is 438 g/mol. The maximum Gasteiger partial charge on any atom is 0.416 e. The van der Waals surface area contributed by atoms with Crippen molar-refractivity contribution in [3.63, 3.8) is 0 Å². The third-order valence-corrected chi connectivity index (χ3v) is 5.49. The number of carbonyl (C=O) groups excluding carboxylic acids is 1. The largest absolute Gasteiger partial charge is 0.416 e. The zero-order valence-corrected chi connectivity index (χ0v) is 17.5. The fourth-order valence-corrected chi connectivity index (χ4v) is 4.01. The number of benzene rings is 2. The van der Waals surface area contributed by atoms with Crippen LogP contribution in [0.25, 0.3) is 0 Å². The highest BCUT2D eigenvalue weighted by Crippen LogP contribution is 2.37. The van der Waals surface area contributed by atoms with E-state index in [1.54, 1.807) is 30.5 Å². The number of alkyl halides is 3. The van der Waals surface area contributed by atoms with Crippen LogP contribution >= 0.6 is 0 Å². The molecule has 2 N–H and O–H groups in total. The highest BCUT2D eigenvalue weighted by Gasteiger charge is 2.31. The van der Waals surface area contributed by atoms with Crippen LogP contribution in [0, 0.1) is 5.82 Å². The normalized spacial score (nSPS) is 13.2. The van der Waals surface area contributed by atoms with Crippen LogP contribution in [0.1, 0.15) is 32.6 Å². The quantitative estimate of drug-likeness (QED) is 0.541. The van der Waals surface area contributed by atoms with Crippen molar-refractivity contribution in [2.75, 3.05) is 24.6 Å². The van der Waals surface area contributed by atoms with Gasteiger partial charge in [0.1, 0.15) is 11.6 Å². The van der Waals surface area contributed by atoms with Gasteiger partial charge >= 0.3 is 6.18 Å². The number of aliphatic hydroxyl groups excluding tert-OH is 1. The minimum Gasteiger partial charge on any atom is -0.395 e. The molecular formula is C24H21F4N3O2. The fourth-order valence-electron chi connectivity index (χ4n) is 4.01. The van der Waals surface area contributed by atoms with Gasteiger partial charge in [0, 0.05) is 25.0 Å². The highest BCUT2D eigenvalue weighted by molar-refractivity contribution is 5.98. The summed E-state index contributed by atoms with van der Waals surface area (Å²) < 4.78 is 53.5. The Bertz CT molecular complexity index is 1180. The standard InChI is InChI=1S/C24H21F4N3O2/c25-19-4-5-20-18(22(19)23(33)30-9-11-32)7-10-31(20)21-14-16(6-8-29-21)12-15-2-1-3-17(13-15)24(26,27)28/h1-6,8,13-14,32H,7,9-12H2,(H,30,33). The van der Waals surface area contributed by atoms with Gasteiger partial charge in [0.25, 0.3) is 5.91 Å². The second-order valence-corrected chi connectivity index (χ2v) is 7.70. The number of nitrogens with zero attached hydrogens (tertiary/aromatic N) is 2. The molecule has 0 radical (unpaired) electrons. The van der Waals surface area contributed by atoms with Gasteiger partial charge < -0.3 is 15.3 Å². The lowest BCUT2D eigenvalue weighted by molar-refractivity contribution is -0.137. The molecule has 1 amide bonds. The van der Waals surface area contributed by atoms with Gasteiger partial charge in [0.15, 0.2) is 0 Å². The van der Waals surface area contributed by atoms with Gasteiger partial charge in [-0.15, -0.1) is 0 Å². The zero-order chi connectivity index (χ0) is 23.6. The second-order valence-electron chi connectivity index (χ2n) is 7.70. The number of halogens is 4. The first-order chi connectivity index (χ1) is 15.8. The molecule has 0 spiro atoms. The van der Waals surface area contributed by atoms with Crippen LogP contribution in [-0.2, 0) is 19.0 Å². The van der Waals surface area contributed by atoms with Crippen molar-refractivity contribution in [1.29, 1.82) is 0 Å². The molecule has 0 fully saturated rings. The highest BCUT2D eigenvalue weighted by atomic mass is 19.4. The molecule has 2 aromatic carbocycles. The van der Waals surface area contributed by atoms with Crippen molar-refractivity contribution in [2.24, 2.45) is 0 Å². The first-order valence-corrected chi connectivity index (χ1v) is 10.4. The minimum atomic E-state index is -4.41. The predicted octanol–water partition coefficient (Wildman–Crippen LogP) is 4.25. The summed E-state index contributed by atoms with van der Waals surface area (Å²) in [6.07, 6.45) is -2.11. The van der Waals surface area contributed by atoms with Crippen LogP contribution in [0.3, 0.4) is 0 Å². The number of hydrogen-bond donors (Lipinski definition) is 2. The molecule has 5 nitrogen and oxygen atoms in total. The smallest absolute Gasteiger partial charge is 0.395 e. The molecule has 9 heteroatoms. The number of pyridine rings is 1. The van der Waals surface area contributed by atoms with Gasteiger partial charge in [0.2, 0.25) is 0 Å². The van der Waals surface area contributed by atoms with E-state index in [1.807, 2.05) is 4.90 Å². The van der Waals surface area contributed by atoms with Crippen LogP contribution in [0.4, 0.5) is 29.1 Å². The lowest BCUT2D eigenvalue weighted by Gasteiger charge is -2.20. The second kappa shape index (κ2) is 9.19. The lowest BCUT2D eigenvalue weighted by Crippen LogP contribution is -2.28. The Morgan fingerprint density at radius 1 is 1.12 bits per heavy atom. The summed E-state index contributed by atoms with van der Waals surface area (Å²) in [4.78, 5) is 18.6. The summed E-state index contributed by atoms with van der Waals surface area (Å²) in [5.74, 6) is -0.671. The zero-order valence-electron chi connectivity index (χ0n) is 17.5. The molecule has 0 bridgehead atoms. The summed E-state index contributed by atoms with van der Waals surface area (Å²) in [5, 5.41) is 11.4. The number of carbonyl (C=O) groups is 1. The molecule has 1 aromatic heterocycles. The third kappa shape index (κ3) is 4.83. The van der Waals surface area contributed by atoms with E-state index in [4.69, 9.17) is 5.11 Å². The van der Waals surface area contributed by atoms with Crippen molar-refractivity contribution in [3.05, 3.63) is 88.4 Å². The number of aliphatic hydroxyl groups is 1. The molecule has 172 valence electrons. The fraction of sp³-hybridized carbons (Fsp3) is 0.250. The van der Waals surface area contributed by atoms with E-state index in [0.717, 1.165) is 17.7 Å². The van der Waals surface area contributed by atoms with Crippen LogP contribution in [-0.4, -0.2) is 35.7 Å². The van der Waals surface area contributed by atoms with Crippen LogP contribution < -0.4 is 10.2 Å². The minimum absolute atomic E-state index is 0.0186. The molecule has 2 heterocycles. The molecule has 1 aliphatic heterocycles. The van der Waals surface area contributed by atoms with Crippen molar-refractivity contribution >= 4 is 17.4 Å². The van der Waals surface area contributed by atoms with Crippen molar-refractivity contribution in [1.82, 2.24) is 10.3 Å². The number of aromatic nitrogens is 1. The first-order valence-electron chi connectivity index (χ1n) is 10.4. The van der Waals surface area contributed by atoms with E-state index >= 15 is 0 Å². The van der Waals surface area contributed by atoms with Gasteiger partial charge in [-0.1, -0.05) is 18.2 Å². The number of hydrogen-bond acceptors (Lipinski definition) is 4. The third-order valence-electron chi connectivity index (χ3n) is 5.49. The summed E-state index contributed by atoms with van der Waals surface area (Å²) >= 11 is 0. The monoisotopic (exact) mass is 459 g/mol. The summed E-state index contributed by atoms with van der Waals surface area (Å²) in [6, 6.07) is 11.5. The summed E-state index contributed by atoms with van der Waals surface area (Å²) in [6.45, 7) is 0.237. The van der Waals surface area contributed by atoms with E-state index in [-0.39, 0.29) is 18.7 Å². The van der Waals surface area contributed by atoms with Gasteiger partial charge in [0.05, 0.1) is 17.7 Å².